The van der Waals surface area contributed by atoms with Crippen molar-refractivity contribution in [3.63, 3.8) is 0 Å². The Morgan fingerprint density at radius 3 is 2.70 bits per heavy atom. The Balaban J connectivity index is 1.80. The molecule has 0 fully saturated rings. The Kier molecular flexibility index (Phi) is 4.79. The molecule has 0 unspecified atom stereocenters. The number of hydrogen-bond donors (Lipinski definition) is 1. The standard InChI is InChI=1S/C13H18IN5O/c1-9-7-10(2)19(16-9)6-4-5-15-13(20)12-11(14)8-18(3)17-12/h7-8H,4-6H2,1-3H3,(H,15,20). The lowest BCUT2D eigenvalue weighted by Gasteiger charge is -2.05. The fourth-order valence-electron chi connectivity index (χ4n) is 2.03. The maximum absolute atomic E-state index is 11.9. The third-order valence-corrected chi connectivity index (χ3v) is 3.72. The second kappa shape index (κ2) is 6.38. The van der Waals surface area contributed by atoms with Gasteiger partial charge in [-0.2, -0.15) is 10.2 Å². The quantitative estimate of drug-likeness (QED) is 0.627. The van der Waals surface area contributed by atoms with Crippen molar-refractivity contribution in [1.82, 2.24) is 24.9 Å². The molecule has 20 heavy (non-hydrogen) atoms. The number of aryl methyl sites for hydroxylation is 4. The van der Waals surface area contributed by atoms with E-state index in [-0.39, 0.29) is 5.91 Å². The molecule has 1 amide bonds. The zero-order valence-electron chi connectivity index (χ0n) is 11.9. The summed E-state index contributed by atoms with van der Waals surface area (Å²) >= 11 is 2.12. The second-order valence-corrected chi connectivity index (χ2v) is 5.92. The summed E-state index contributed by atoms with van der Waals surface area (Å²) in [5.74, 6) is -0.122. The minimum Gasteiger partial charge on any atom is -0.351 e. The molecule has 108 valence electrons. The predicted molar refractivity (Wildman–Crippen MR) is 84.6 cm³/mol. The van der Waals surface area contributed by atoms with Gasteiger partial charge in [0.25, 0.3) is 5.91 Å². The van der Waals surface area contributed by atoms with Crippen LogP contribution in [-0.2, 0) is 13.6 Å². The SMILES string of the molecule is Cc1cc(C)n(CCCNC(=O)c2nn(C)cc2I)n1. The normalized spacial score (nSPS) is 10.8. The molecule has 1 N–H and O–H groups in total. The predicted octanol–water partition coefficient (Wildman–Crippen LogP) is 1.66. The van der Waals surface area contributed by atoms with Crippen molar-refractivity contribution in [2.75, 3.05) is 6.54 Å². The van der Waals surface area contributed by atoms with Crippen molar-refractivity contribution >= 4 is 28.5 Å². The summed E-state index contributed by atoms with van der Waals surface area (Å²) in [7, 11) is 1.81. The van der Waals surface area contributed by atoms with Gasteiger partial charge in [0, 0.05) is 32.0 Å². The topological polar surface area (TPSA) is 64.7 Å². The molecule has 0 aliphatic carbocycles. The van der Waals surface area contributed by atoms with Crippen molar-refractivity contribution in [1.29, 1.82) is 0 Å². The Bertz CT molecular complexity index is 616. The van der Waals surface area contributed by atoms with Gasteiger partial charge in [0.2, 0.25) is 0 Å². The Hall–Kier alpha value is -1.38. The highest BCUT2D eigenvalue weighted by Gasteiger charge is 2.13. The van der Waals surface area contributed by atoms with Gasteiger partial charge in [-0.15, -0.1) is 0 Å². The van der Waals surface area contributed by atoms with E-state index in [1.807, 2.05) is 31.8 Å². The maximum Gasteiger partial charge on any atom is 0.272 e. The average Bonchev–Trinajstić information content (AvgIpc) is 2.87. The van der Waals surface area contributed by atoms with Crippen molar-refractivity contribution in [3.8, 4) is 0 Å². The molecular weight excluding hydrogens is 369 g/mol. The number of nitrogens with zero attached hydrogens (tertiary/aromatic N) is 4. The number of rotatable bonds is 5. The van der Waals surface area contributed by atoms with Crippen molar-refractivity contribution in [2.24, 2.45) is 7.05 Å². The first kappa shape index (κ1) is 15.0. The summed E-state index contributed by atoms with van der Waals surface area (Å²) in [5, 5.41) is 11.4. The van der Waals surface area contributed by atoms with Gasteiger partial charge < -0.3 is 5.32 Å². The van der Waals surface area contributed by atoms with Crippen LogP contribution >= 0.6 is 22.6 Å². The third-order valence-electron chi connectivity index (χ3n) is 2.93. The molecule has 0 aliphatic rings. The van der Waals surface area contributed by atoms with Crippen molar-refractivity contribution < 1.29 is 4.79 Å². The van der Waals surface area contributed by atoms with Gasteiger partial charge in [-0.3, -0.25) is 14.2 Å². The minimum absolute atomic E-state index is 0.122. The summed E-state index contributed by atoms with van der Waals surface area (Å²) in [5.41, 5.74) is 2.65. The van der Waals surface area contributed by atoms with Gasteiger partial charge in [-0.25, -0.2) is 0 Å². The Morgan fingerprint density at radius 1 is 1.40 bits per heavy atom. The lowest BCUT2D eigenvalue weighted by Crippen LogP contribution is -2.26. The Morgan fingerprint density at radius 2 is 2.15 bits per heavy atom. The van der Waals surface area contributed by atoms with E-state index in [1.165, 1.54) is 0 Å². The molecular formula is C13H18IN5O. The second-order valence-electron chi connectivity index (χ2n) is 4.76. The van der Waals surface area contributed by atoms with E-state index in [0.29, 0.717) is 12.2 Å². The van der Waals surface area contributed by atoms with E-state index in [0.717, 1.165) is 27.9 Å². The molecule has 7 heteroatoms. The van der Waals surface area contributed by atoms with Gasteiger partial charge in [0.05, 0.1) is 9.26 Å². The number of amides is 1. The number of hydrogen-bond acceptors (Lipinski definition) is 3. The third kappa shape index (κ3) is 3.59. The first-order valence-corrected chi connectivity index (χ1v) is 7.53. The van der Waals surface area contributed by atoms with Gasteiger partial charge in [0.15, 0.2) is 5.69 Å². The number of nitrogens with one attached hydrogen (secondary N) is 1. The molecule has 2 aromatic rings. The van der Waals surface area contributed by atoms with Crippen LogP contribution in [0.1, 0.15) is 28.3 Å². The number of carbonyl (C=O) groups is 1. The van der Waals surface area contributed by atoms with Crippen LogP contribution in [0.5, 0.6) is 0 Å². The van der Waals surface area contributed by atoms with Gasteiger partial charge >= 0.3 is 0 Å². The Labute approximate surface area is 131 Å². The molecule has 2 rings (SSSR count). The van der Waals surface area contributed by atoms with Gasteiger partial charge in [0.1, 0.15) is 0 Å². The fraction of sp³-hybridized carbons (Fsp3) is 0.462. The van der Waals surface area contributed by atoms with Gasteiger partial charge in [-0.1, -0.05) is 0 Å². The highest BCUT2D eigenvalue weighted by Crippen LogP contribution is 2.09. The summed E-state index contributed by atoms with van der Waals surface area (Å²) in [6.07, 6.45) is 2.67. The molecule has 2 aromatic heterocycles. The van der Waals surface area contributed by atoms with E-state index in [9.17, 15) is 4.79 Å². The van der Waals surface area contributed by atoms with E-state index in [4.69, 9.17) is 0 Å². The molecule has 0 bridgehead atoms. The van der Waals surface area contributed by atoms with E-state index in [1.54, 1.807) is 4.68 Å². The number of aromatic nitrogens is 4. The zero-order chi connectivity index (χ0) is 14.7. The number of halogens is 1. The van der Waals surface area contributed by atoms with Crippen LogP contribution in [0, 0.1) is 17.4 Å². The molecule has 0 atom stereocenters. The minimum atomic E-state index is -0.122. The molecule has 0 aromatic carbocycles. The van der Waals surface area contributed by atoms with Crippen LogP contribution in [0.3, 0.4) is 0 Å². The zero-order valence-corrected chi connectivity index (χ0v) is 14.0. The molecule has 0 aliphatic heterocycles. The largest absolute Gasteiger partial charge is 0.351 e. The fourth-order valence-corrected chi connectivity index (χ4v) is 2.79. The van der Waals surface area contributed by atoms with E-state index in [2.05, 4.69) is 44.2 Å². The summed E-state index contributed by atoms with van der Waals surface area (Å²) in [4.78, 5) is 11.9. The summed E-state index contributed by atoms with van der Waals surface area (Å²) < 4.78 is 4.47. The van der Waals surface area contributed by atoms with Crippen LogP contribution in [0.4, 0.5) is 0 Å². The van der Waals surface area contributed by atoms with Gasteiger partial charge in [-0.05, 0) is 48.9 Å². The molecule has 0 radical (unpaired) electrons. The molecule has 0 spiro atoms. The van der Waals surface area contributed by atoms with E-state index < -0.39 is 0 Å². The van der Waals surface area contributed by atoms with Crippen molar-refractivity contribution in [3.05, 3.63) is 32.9 Å². The van der Waals surface area contributed by atoms with E-state index >= 15 is 0 Å². The van der Waals surface area contributed by atoms with Crippen molar-refractivity contribution in [2.45, 2.75) is 26.8 Å². The average molecular weight is 387 g/mol. The monoisotopic (exact) mass is 387 g/mol. The molecule has 6 nitrogen and oxygen atoms in total. The first-order valence-electron chi connectivity index (χ1n) is 6.46. The highest BCUT2D eigenvalue weighted by molar-refractivity contribution is 14.1. The first-order chi connectivity index (χ1) is 9.47. The molecule has 2 heterocycles. The lowest BCUT2D eigenvalue weighted by atomic mass is 10.3. The van der Waals surface area contributed by atoms with Crippen LogP contribution in [0.15, 0.2) is 12.3 Å². The lowest BCUT2D eigenvalue weighted by molar-refractivity contribution is 0.0946. The maximum atomic E-state index is 11.9. The van der Waals surface area contributed by atoms with Crippen LogP contribution in [-0.4, -0.2) is 32.0 Å². The van der Waals surface area contributed by atoms with Crippen LogP contribution in [0.25, 0.3) is 0 Å². The highest BCUT2D eigenvalue weighted by atomic mass is 127. The molecule has 0 saturated carbocycles. The van der Waals surface area contributed by atoms with Crippen LogP contribution in [0.2, 0.25) is 0 Å². The molecule has 0 saturated heterocycles. The smallest absolute Gasteiger partial charge is 0.272 e. The van der Waals surface area contributed by atoms with Crippen LogP contribution < -0.4 is 5.32 Å². The number of carbonyl (C=O) groups excluding carboxylic acids is 1. The summed E-state index contributed by atoms with van der Waals surface area (Å²) in [6, 6.07) is 2.05. The summed E-state index contributed by atoms with van der Waals surface area (Å²) in [6.45, 7) is 5.44.